The molecule has 5 nitrogen and oxygen atoms in total. The Bertz CT molecular complexity index is 919. The standard InChI is InChI=1S/C22H26N4OS/c1-16(21-12-7-13-28-21)25(2)22(27)24-19-10-6-11-20-18(19)14-23-26(20)15-17-8-4-3-5-9-17/h3-5,7-9,12-14,16,19H,6,10-11,15H2,1-2H3,(H,24,27). The number of benzene rings is 1. The van der Waals surface area contributed by atoms with E-state index in [0.29, 0.717) is 0 Å². The van der Waals surface area contributed by atoms with Crippen molar-refractivity contribution in [2.75, 3.05) is 7.05 Å². The highest BCUT2D eigenvalue weighted by Gasteiger charge is 2.27. The number of rotatable bonds is 5. The van der Waals surface area contributed by atoms with Gasteiger partial charge >= 0.3 is 6.03 Å². The Labute approximate surface area is 170 Å². The van der Waals surface area contributed by atoms with Gasteiger partial charge < -0.3 is 10.2 Å². The van der Waals surface area contributed by atoms with Gasteiger partial charge in [-0.25, -0.2) is 4.79 Å². The summed E-state index contributed by atoms with van der Waals surface area (Å²) in [6.45, 7) is 2.84. The predicted octanol–water partition coefficient (Wildman–Crippen LogP) is 4.77. The van der Waals surface area contributed by atoms with Crippen LogP contribution in [-0.2, 0) is 13.0 Å². The first-order valence-corrected chi connectivity index (χ1v) is 10.7. The minimum atomic E-state index is -0.0328. The molecule has 1 aliphatic carbocycles. The number of hydrogen-bond acceptors (Lipinski definition) is 3. The second-order valence-corrected chi connectivity index (χ2v) is 8.37. The van der Waals surface area contributed by atoms with Crippen LogP contribution >= 0.6 is 11.3 Å². The van der Waals surface area contributed by atoms with Gasteiger partial charge in [0, 0.05) is 23.2 Å². The van der Waals surface area contributed by atoms with Gasteiger partial charge in [0.1, 0.15) is 0 Å². The first-order chi connectivity index (χ1) is 13.6. The van der Waals surface area contributed by atoms with E-state index in [9.17, 15) is 4.79 Å². The summed E-state index contributed by atoms with van der Waals surface area (Å²) >= 11 is 1.68. The smallest absolute Gasteiger partial charge is 0.318 e. The zero-order valence-electron chi connectivity index (χ0n) is 16.3. The summed E-state index contributed by atoms with van der Waals surface area (Å²) in [6, 6.07) is 14.5. The summed E-state index contributed by atoms with van der Waals surface area (Å²) in [5.74, 6) is 0. The molecule has 1 aromatic carbocycles. The Kier molecular flexibility index (Phi) is 5.48. The SMILES string of the molecule is CC(c1cccs1)N(C)C(=O)NC1CCCc2c1cnn2Cc1ccccc1. The number of hydrogen-bond donors (Lipinski definition) is 1. The molecule has 2 amide bonds. The molecule has 3 aromatic rings. The molecule has 2 heterocycles. The number of carbonyl (C=O) groups is 1. The van der Waals surface area contributed by atoms with Gasteiger partial charge in [-0.15, -0.1) is 11.3 Å². The van der Waals surface area contributed by atoms with E-state index in [1.807, 2.05) is 30.8 Å². The molecule has 0 bridgehead atoms. The van der Waals surface area contributed by atoms with Gasteiger partial charge in [0.15, 0.2) is 0 Å². The fourth-order valence-electron chi connectivity index (χ4n) is 3.81. The number of urea groups is 1. The third-order valence-corrected chi connectivity index (χ3v) is 6.63. The predicted molar refractivity (Wildman–Crippen MR) is 112 cm³/mol. The van der Waals surface area contributed by atoms with Crippen LogP contribution in [0.2, 0.25) is 0 Å². The lowest BCUT2D eigenvalue weighted by atomic mass is 9.93. The molecule has 2 atom stereocenters. The number of nitrogens with zero attached hydrogens (tertiary/aromatic N) is 3. The van der Waals surface area contributed by atoms with Crippen molar-refractivity contribution in [3.05, 3.63) is 75.7 Å². The van der Waals surface area contributed by atoms with E-state index < -0.39 is 0 Å². The van der Waals surface area contributed by atoms with Gasteiger partial charge in [-0.3, -0.25) is 4.68 Å². The van der Waals surface area contributed by atoms with Crippen molar-refractivity contribution in [3.8, 4) is 0 Å². The lowest BCUT2D eigenvalue weighted by Crippen LogP contribution is -2.41. The topological polar surface area (TPSA) is 50.2 Å². The number of fused-ring (bicyclic) bond motifs is 1. The van der Waals surface area contributed by atoms with Gasteiger partial charge in [-0.1, -0.05) is 36.4 Å². The van der Waals surface area contributed by atoms with Crippen LogP contribution < -0.4 is 5.32 Å². The summed E-state index contributed by atoms with van der Waals surface area (Å²) < 4.78 is 2.08. The highest BCUT2D eigenvalue weighted by molar-refractivity contribution is 7.10. The molecular weight excluding hydrogens is 368 g/mol. The number of nitrogens with one attached hydrogen (secondary N) is 1. The van der Waals surface area contributed by atoms with E-state index in [1.54, 1.807) is 16.2 Å². The van der Waals surface area contributed by atoms with Gasteiger partial charge in [-0.05, 0) is 43.2 Å². The zero-order valence-corrected chi connectivity index (χ0v) is 17.2. The van der Waals surface area contributed by atoms with Crippen molar-refractivity contribution in [1.82, 2.24) is 20.0 Å². The van der Waals surface area contributed by atoms with Crippen molar-refractivity contribution in [1.29, 1.82) is 0 Å². The number of thiophene rings is 1. The summed E-state index contributed by atoms with van der Waals surface area (Å²) in [7, 11) is 1.86. The minimum absolute atomic E-state index is 0.0266. The molecule has 0 radical (unpaired) electrons. The third-order valence-electron chi connectivity index (χ3n) is 5.59. The molecule has 0 saturated carbocycles. The average Bonchev–Trinajstić information content (AvgIpc) is 3.39. The number of carbonyl (C=O) groups excluding carboxylic acids is 1. The van der Waals surface area contributed by atoms with Crippen LogP contribution in [0, 0.1) is 0 Å². The minimum Gasteiger partial charge on any atom is -0.331 e. The van der Waals surface area contributed by atoms with Gasteiger partial charge in [0.05, 0.1) is 24.8 Å². The third kappa shape index (κ3) is 3.83. The van der Waals surface area contributed by atoms with Crippen LogP contribution in [-0.4, -0.2) is 27.8 Å². The van der Waals surface area contributed by atoms with Crippen LogP contribution in [0.5, 0.6) is 0 Å². The highest BCUT2D eigenvalue weighted by Crippen LogP contribution is 2.31. The summed E-state index contributed by atoms with van der Waals surface area (Å²) in [5.41, 5.74) is 3.64. The second kappa shape index (κ2) is 8.19. The van der Waals surface area contributed by atoms with Crippen molar-refractivity contribution >= 4 is 17.4 Å². The lowest BCUT2D eigenvalue weighted by Gasteiger charge is -2.29. The Balaban J connectivity index is 1.47. The maximum absolute atomic E-state index is 12.8. The molecule has 0 spiro atoms. The molecular formula is C22H26N4OS. The molecule has 2 aromatic heterocycles. The second-order valence-electron chi connectivity index (χ2n) is 7.39. The van der Waals surface area contributed by atoms with E-state index >= 15 is 0 Å². The first kappa shape index (κ1) is 18.7. The number of aromatic nitrogens is 2. The molecule has 0 aliphatic heterocycles. The fourth-order valence-corrected chi connectivity index (χ4v) is 4.63. The number of amides is 2. The van der Waals surface area contributed by atoms with E-state index in [-0.39, 0.29) is 18.1 Å². The van der Waals surface area contributed by atoms with Crippen molar-refractivity contribution in [2.45, 2.75) is 44.8 Å². The molecule has 0 fully saturated rings. The summed E-state index contributed by atoms with van der Waals surface area (Å²) in [5, 5.41) is 9.91. The molecule has 1 aliphatic rings. The van der Waals surface area contributed by atoms with E-state index in [4.69, 9.17) is 0 Å². The molecule has 146 valence electrons. The fraction of sp³-hybridized carbons (Fsp3) is 0.364. The molecule has 2 unspecified atom stereocenters. The lowest BCUT2D eigenvalue weighted by molar-refractivity contribution is 0.189. The largest absolute Gasteiger partial charge is 0.331 e. The van der Waals surface area contributed by atoms with Crippen molar-refractivity contribution in [3.63, 3.8) is 0 Å². The average molecular weight is 395 g/mol. The Morgan fingerprint density at radius 1 is 1.32 bits per heavy atom. The molecule has 1 N–H and O–H groups in total. The monoisotopic (exact) mass is 394 g/mol. The molecule has 4 rings (SSSR count). The summed E-state index contributed by atoms with van der Waals surface area (Å²) in [4.78, 5) is 15.8. The Morgan fingerprint density at radius 3 is 2.89 bits per heavy atom. The Morgan fingerprint density at radius 2 is 2.14 bits per heavy atom. The maximum atomic E-state index is 12.8. The van der Waals surface area contributed by atoms with Crippen LogP contribution in [0.4, 0.5) is 4.79 Å². The van der Waals surface area contributed by atoms with Crippen LogP contribution in [0.15, 0.2) is 54.0 Å². The van der Waals surface area contributed by atoms with Crippen molar-refractivity contribution < 1.29 is 4.79 Å². The van der Waals surface area contributed by atoms with Crippen LogP contribution in [0.25, 0.3) is 0 Å². The maximum Gasteiger partial charge on any atom is 0.318 e. The van der Waals surface area contributed by atoms with Gasteiger partial charge in [0.2, 0.25) is 0 Å². The van der Waals surface area contributed by atoms with Gasteiger partial charge in [0.25, 0.3) is 0 Å². The first-order valence-electron chi connectivity index (χ1n) is 9.78. The van der Waals surface area contributed by atoms with E-state index in [2.05, 4.69) is 52.4 Å². The van der Waals surface area contributed by atoms with Crippen LogP contribution in [0.1, 0.15) is 53.5 Å². The molecule has 0 saturated heterocycles. The zero-order chi connectivity index (χ0) is 19.5. The quantitative estimate of drug-likeness (QED) is 0.677. The van der Waals surface area contributed by atoms with E-state index in [1.165, 1.54) is 16.1 Å². The van der Waals surface area contributed by atoms with Gasteiger partial charge in [-0.2, -0.15) is 5.10 Å². The molecule has 6 heteroatoms. The Hall–Kier alpha value is -2.60. The van der Waals surface area contributed by atoms with Crippen LogP contribution in [0.3, 0.4) is 0 Å². The highest BCUT2D eigenvalue weighted by atomic mass is 32.1. The molecule has 28 heavy (non-hydrogen) atoms. The van der Waals surface area contributed by atoms with Crippen molar-refractivity contribution in [2.24, 2.45) is 0 Å². The van der Waals surface area contributed by atoms with E-state index in [0.717, 1.165) is 31.4 Å². The normalized spacial score (nSPS) is 17.0. The summed E-state index contributed by atoms with van der Waals surface area (Å²) in [6.07, 6.45) is 4.96.